The molecule has 0 saturated carbocycles. The lowest BCUT2D eigenvalue weighted by molar-refractivity contribution is 0.416. The van der Waals surface area contributed by atoms with Crippen LogP contribution in [-0.2, 0) is 0 Å². The molecule has 3 aromatic rings. The van der Waals surface area contributed by atoms with Gasteiger partial charge in [-0.1, -0.05) is 48.0 Å². The summed E-state index contributed by atoms with van der Waals surface area (Å²) < 4.78 is 5.48. The highest BCUT2D eigenvalue weighted by molar-refractivity contribution is 5.86. The van der Waals surface area contributed by atoms with Crippen LogP contribution in [-0.4, -0.2) is 12.1 Å². The van der Waals surface area contributed by atoms with Crippen LogP contribution in [0.1, 0.15) is 16.7 Å². The van der Waals surface area contributed by atoms with Crippen molar-refractivity contribution in [1.82, 2.24) is 4.98 Å². The first kappa shape index (κ1) is 16.5. The molecular weight excluding hydrogens is 310 g/mol. The molecule has 0 saturated heterocycles. The number of methoxy groups -OCH3 is 1. The minimum absolute atomic E-state index is 0.226. The molecule has 0 aliphatic heterocycles. The molecule has 2 N–H and O–H groups in total. The zero-order chi connectivity index (χ0) is 18.0. The fourth-order valence-corrected chi connectivity index (χ4v) is 2.99. The van der Waals surface area contributed by atoms with Gasteiger partial charge in [-0.15, -0.1) is 0 Å². The highest BCUT2D eigenvalue weighted by Crippen LogP contribution is 2.39. The van der Waals surface area contributed by atoms with E-state index >= 15 is 0 Å². The summed E-state index contributed by atoms with van der Waals surface area (Å²) in [5.74, 6) is 0.923. The van der Waals surface area contributed by atoms with Crippen molar-refractivity contribution in [3.8, 4) is 34.2 Å². The molecule has 25 heavy (non-hydrogen) atoms. The largest absolute Gasteiger partial charge is 0.496 e. The number of nitrogens with two attached hydrogens (primary N) is 1. The van der Waals surface area contributed by atoms with Gasteiger partial charge in [0.25, 0.3) is 0 Å². The third-order valence-corrected chi connectivity index (χ3v) is 4.28. The van der Waals surface area contributed by atoms with E-state index < -0.39 is 0 Å². The smallest absolute Gasteiger partial charge is 0.142 e. The summed E-state index contributed by atoms with van der Waals surface area (Å²) >= 11 is 0. The van der Waals surface area contributed by atoms with Crippen molar-refractivity contribution in [2.75, 3.05) is 12.8 Å². The quantitative estimate of drug-likeness (QED) is 0.768. The molecule has 0 spiro atoms. The van der Waals surface area contributed by atoms with Gasteiger partial charge in [-0.3, -0.25) is 0 Å². The number of para-hydroxylation sites is 1. The Balaban J connectivity index is 2.34. The number of nitrogens with zero attached hydrogens (tertiary/aromatic N) is 2. The van der Waals surface area contributed by atoms with E-state index in [0.717, 1.165) is 27.9 Å². The van der Waals surface area contributed by atoms with Gasteiger partial charge >= 0.3 is 0 Å². The van der Waals surface area contributed by atoms with Crippen LogP contribution in [0.2, 0.25) is 0 Å². The number of rotatable bonds is 3. The predicted molar refractivity (Wildman–Crippen MR) is 100 cm³/mol. The Morgan fingerprint density at radius 1 is 1.04 bits per heavy atom. The number of aromatic nitrogens is 1. The zero-order valence-electron chi connectivity index (χ0n) is 14.5. The van der Waals surface area contributed by atoms with E-state index in [9.17, 15) is 5.26 Å². The lowest BCUT2D eigenvalue weighted by atomic mass is 9.92. The van der Waals surface area contributed by atoms with E-state index in [-0.39, 0.29) is 5.82 Å². The molecule has 0 bridgehead atoms. The maximum atomic E-state index is 9.64. The molecule has 0 fully saturated rings. The fourth-order valence-electron chi connectivity index (χ4n) is 2.99. The molecule has 1 heterocycles. The fraction of sp³-hybridized carbons (Fsp3) is 0.143. The second-order valence-corrected chi connectivity index (χ2v) is 5.90. The van der Waals surface area contributed by atoms with Crippen molar-refractivity contribution in [2.24, 2.45) is 0 Å². The number of hydrogen-bond acceptors (Lipinski definition) is 4. The number of anilines is 1. The second-order valence-electron chi connectivity index (χ2n) is 5.90. The summed E-state index contributed by atoms with van der Waals surface area (Å²) in [5, 5.41) is 9.64. The molecule has 0 aliphatic carbocycles. The number of pyridine rings is 1. The van der Waals surface area contributed by atoms with Crippen LogP contribution < -0.4 is 10.5 Å². The molecule has 4 nitrogen and oxygen atoms in total. The maximum absolute atomic E-state index is 9.64. The second kappa shape index (κ2) is 6.66. The summed E-state index contributed by atoms with van der Waals surface area (Å²) in [6.45, 7) is 4.00. The van der Waals surface area contributed by atoms with E-state index in [2.05, 4.69) is 11.1 Å². The van der Waals surface area contributed by atoms with Gasteiger partial charge in [0.2, 0.25) is 0 Å². The number of nitriles is 1. The highest BCUT2D eigenvalue weighted by Gasteiger charge is 2.20. The van der Waals surface area contributed by atoms with E-state index in [1.54, 1.807) is 7.11 Å². The van der Waals surface area contributed by atoms with Crippen molar-refractivity contribution in [2.45, 2.75) is 13.8 Å². The summed E-state index contributed by atoms with van der Waals surface area (Å²) in [4.78, 5) is 4.50. The molecule has 0 atom stereocenters. The Morgan fingerprint density at radius 2 is 1.72 bits per heavy atom. The van der Waals surface area contributed by atoms with Crippen molar-refractivity contribution in [3.63, 3.8) is 0 Å². The predicted octanol–water partition coefficient (Wildman–Crippen LogP) is 4.49. The molecule has 3 rings (SSSR count). The number of aryl methyl sites for hydroxylation is 1. The molecular formula is C21H19N3O. The minimum atomic E-state index is 0.226. The molecule has 4 heteroatoms. The average Bonchev–Trinajstić information content (AvgIpc) is 2.63. The van der Waals surface area contributed by atoms with Gasteiger partial charge in [0.1, 0.15) is 23.2 Å². The van der Waals surface area contributed by atoms with Crippen LogP contribution in [0, 0.1) is 25.2 Å². The third-order valence-electron chi connectivity index (χ3n) is 4.28. The van der Waals surface area contributed by atoms with Crippen molar-refractivity contribution >= 4 is 5.82 Å². The Hall–Kier alpha value is -3.32. The normalized spacial score (nSPS) is 10.3. The van der Waals surface area contributed by atoms with E-state index in [0.29, 0.717) is 11.3 Å². The van der Waals surface area contributed by atoms with Gasteiger partial charge in [0.15, 0.2) is 0 Å². The highest BCUT2D eigenvalue weighted by atomic mass is 16.5. The van der Waals surface area contributed by atoms with Gasteiger partial charge in [-0.2, -0.15) is 5.26 Å². The summed E-state index contributed by atoms with van der Waals surface area (Å²) in [7, 11) is 1.62. The van der Waals surface area contributed by atoms with Crippen molar-refractivity contribution < 1.29 is 4.74 Å². The topological polar surface area (TPSA) is 71.9 Å². The summed E-state index contributed by atoms with van der Waals surface area (Å²) in [6.07, 6.45) is 0. The average molecular weight is 329 g/mol. The van der Waals surface area contributed by atoms with E-state index in [1.165, 1.54) is 5.56 Å². The molecule has 124 valence electrons. The van der Waals surface area contributed by atoms with Crippen LogP contribution in [0.5, 0.6) is 5.75 Å². The Bertz CT molecular complexity index is 970. The van der Waals surface area contributed by atoms with Gasteiger partial charge < -0.3 is 10.5 Å². The first-order valence-corrected chi connectivity index (χ1v) is 7.97. The number of hydrogen-bond donors (Lipinski definition) is 1. The van der Waals surface area contributed by atoms with Crippen LogP contribution in [0.3, 0.4) is 0 Å². The zero-order valence-corrected chi connectivity index (χ0v) is 14.5. The van der Waals surface area contributed by atoms with E-state index in [4.69, 9.17) is 10.5 Å². The molecule has 1 aromatic heterocycles. The first-order chi connectivity index (χ1) is 12.1. The number of ether oxygens (including phenoxy) is 1. The molecule has 0 unspecified atom stereocenters. The Labute approximate surface area is 147 Å². The monoisotopic (exact) mass is 329 g/mol. The molecule has 0 radical (unpaired) electrons. The Morgan fingerprint density at radius 3 is 2.36 bits per heavy atom. The lowest BCUT2D eigenvalue weighted by Crippen LogP contribution is -2.04. The minimum Gasteiger partial charge on any atom is -0.496 e. The summed E-state index contributed by atoms with van der Waals surface area (Å²) in [6, 6.07) is 17.9. The number of nitrogen functional groups attached to an aromatic ring is 1. The van der Waals surface area contributed by atoms with Gasteiger partial charge in [-0.05, 0) is 25.5 Å². The first-order valence-electron chi connectivity index (χ1n) is 7.97. The number of benzene rings is 2. The Kier molecular flexibility index (Phi) is 4.40. The van der Waals surface area contributed by atoms with Crippen LogP contribution in [0.15, 0.2) is 48.5 Å². The molecule has 0 aliphatic rings. The summed E-state index contributed by atoms with van der Waals surface area (Å²) in [5.41, 5.74) is 11.9. The van der Waals surface area contributed by atoms with Crippen LogP contribution in [0.25, 0.3) is 22.4 Å². The third kappa shape index (κ3) is 2.92. The SMILES string of the molecule is COc1ccccc1-c1c(C)c(-c2ccc(C)cc2)nc(N)c1C#N. The van der Waals surface area contributed by atoms with Crippen molar-refractivity contribution in [3.05, 3.63) is 65.2 Å². The van der Waals surface area contributed by atoms with Crippen molar-refractivity contribution in [1.29, 1.82) is 5.26 Å². The maximum Gasteiger partial charge on any atom is 0.142 e. The van der Waals surface area contributed by atoms with Gasteiger partial charge in [0, 0.05) is 16.7 Å². The van der Waals surface area contributed by atoms with Gasteiger partial charge in [0.05, 0.1) is 12.8 Å². The van der Waals surface area contributed by atoms with Crippen LogP contribution in [0.4, 0.5) is 5.82 Å². The van der Waals surface area contributed by atoms with E-state index in [1.807, 2.05) is 62.4 Å². The van der Waals surface area contributed by atoms with Crippen LogP contribution >= 0.6 is 0 Å². The standard InChI is InChI=1S/C21H19N3O/c1-13-8-10-15(11-9-13)20-14(2)19(17(12-22)21(23)24-20)16-6-4-5-7-18(16)25-3/h4-11H,1-3H3,(H2,23,24). The van der Waals surface area contributed by atoms with Gasteiger partial charge in [-0.25, -0.2) is 4.98 Å². The molecule has 2 aromatic carbocycles. The lowest BCUT2D eigenvalue weighted by Gasteiger charge is -2.17. The molecule has 0 amide bonds.